The van der Waals surface area contributed by atoms with Gasteiger partial charge in [-0.05, 0) is 80.0 Å². The molecule has 1 saturated heterocycles. The molecule has 2 unspecified atom stereocenters. The Morgan fingerprint density at radius 2 is 1.64 bits per heavy atom. The van der Waals surface area contributed by atoms with Crippen LogP contribution in [0.1, 0.15) is 68.4 Å². The van der Waals surface area contributed by atoms with E-state index in [1.54, 1.807) is 0 Å². The molecule has 0 bridgehead atoms. The number of nitrogens with zero attached hydrogens (tertiary/aromatic N) is 1. The third kappa shape index (κ3) is 6.88. The minimum Gasteiger partial charge on any atom is -0.481 e. The van der Waals surface area contributed by atoms with Crippen LogP contribution in [0, 0.1) is 23.7 Å². The van der Waals surface area contributed by atoms with Crippen LogP contribution in [-0.2, 0) is 20.8 Å². The number of carboxylic acid groups (broad SMARTS) is 1. The molecule has 0 spiro atoms. The SMILES string of the molecule is O=C(O)C1CCC(CNC(=O)C(c2ccc(CC3CN(c4ccccc4)NCC3=O)cc2)C2CCCC2)CC1. The van der Waals surface area contributed by atoms with E-state index in [-0.39, 0.29) is 29.4 Å². The molecule has 3 aliphatic rings. The number of carbonyl (C=O) groups excluding carboxylic acids is 2. The Balaban J connectivity index is 1.21. The Morgan fingerprint density at radius 3 is 2.31 bits per heavy atom. The predicted molar refractivity (Wildman–Crippen MR) is 151 cm³/mol. The molecule has 208 valence electrons. The second-order valence-electron chi connectivity index (χ2n) is 11.7. The molecular weight excluding hydrogens is 490 g/mol. The number of rotatable bonds is 9. The summed E-state index contributed by atoms with van der Waals surface area (Å²) in [5.41, 5.74) is 6.46. The number of carboxylic acids is 1. The van der Waals surface area contributed by atoms with Crippen molar-refractivity contribution < 1.29 is 19.5 Å². The highest BCUT2D eigenvalue weighted by Gasteiger charge is 2.33. The van der Waals surface area contributed by atoms with Crippen LogP contribution >= 0.6 is 0 Å². The number of hydrazine groups is 1. The van der Waals surface area contributed by atoms with Gasteiger partial charge in [0.05, 0.1) is 24.1 Å². The molecule has 2 saturated carbocycles. The highest BCUT2D eigenvalue weighted by atomic mass is 16.4. The largest absolute Gasteiger partial charge is 0.481 e. The lowest BCUT2D eigenvalue weighted by atomic mass is 9.81. The quantitative estimate of drug-likeness (QED) is 0.433. The van der Waals surface area contributed by atoms with Crippen molar-refractivity contribution in [2.75, 3.05) is 24.6 Å². The minimum absolute atomic E-state index is 0.0811. The maximum Gasteiger partial charge on any atom is 0.306 e. The second kappa shape index (κ2) is 12.8. The molecule has 7 heteroatoms. The van der Waals surface area contributed by atoms with E-state index in [0.29, 0.717) is 50.7 Å². The Kier molecular flexibility index (Phi) is 8.97. The number of hydrogen-bond donors (Lipinski definition) is 3. The molecule has 3 N–H and O–H groups in total. The van der Waals surface area contributed by atoms with Crippen molar-refractivity contribution in [3.05, 3.63) is 65.7 Å². The van der Waals surface area contributed by atoms with Crippen molar-refractivity contribution in [3.8, 4) is 0 Å². The number of amides is 1. The molecular formula is C32H41N3O4. The fraction of sp³-hybridized carbons (Fsp3) is 0.531. The molecule has 2 atom stereocenters. The molecule has 2 aromatic rings. The van der Waals surface area contributed by atoms with Crippen LogP contribution in [-0.4, -0.2) is 42.4 Å². The number of aliphatic carboxylic acids is 1. The summed E-state index contributed by atoms with van der Waals surface area (Å²) in [5.74, 6) is -0.135. The van der Waals surface area contributed by atoms with E-state index < -0.39 is 5.97 Å². The summed E-state index contributed by atoms with van der Waals surface area (Å²) in [4.78, 5) is 37.4. The highest BCUT2D eigenvalue weighted by molar-refractivity contribution is 5.85. The molecule has 1 aliphatic heterocycles. The van der Waals surface area contributed by atoms with Gasteiger partial charge >= 0.3 is 5.97 Å². The Labute approximate surface area is 231 Å². The average molecular weight is 532 g/mol. The first kappa shape index (κ1) is 27.4. The Hall–Kier alpha value is -3.19. The summed E-state index contributed by atoms with van der Waals surface area (Å²) < 4.78 is 0. The van der Waals surface area contributed by atoms with Crippen LogP contribution in [0.2, 0.25) is 0 Å². The van der Waals surface area contributed by atoms with E-state index in [1.807, 2.05) is 30.3 Å². The molecule has 5 rings (SSSR count). The first-order valence-electron chi connectivity index (χ1n) is 14.7. The summed E-state index contributed by atoms with van der Waals surface area (Å²) in [6, 6.07) is 18.5. The van der Waals surface area contributed by atoms with Gasteiger partial charge in [0, 0.05) is 19.0 Å². The lowest BCUT2D eigenvalue weighted by molar-refractivity contribution is -0.143. The zero-order chi connectivity index (χ0) is 27.2. The van der Waals surface area contributed by atoms with Gasteiger partial charge in [0.2, 0.25) is 5.91 Å². The molecule has 2 aromatic carbocycles. The van der Waals surface area contributed by atoms with Gasteiger partial charge in [-0.3, -0.25) is 14.4 Å². The van der Waals surface area contributed by atoms with E-state index in [2.05, 4.69) is 40.0 Å². The van der Waals surface area contributed by atoms with E-state index in [1.165, 1.54) is 12.8 Å². The van der Waals surface area contributed by atoms with Crippen molar-refractivity contribution in [3.63, 3.8) is 0 Å². The van der Waals surface area contributed by atoms with Crippen molar-refractivity contribution in [2.45, 2.75) is 63.7 Å². The Morgan fingerprint density at radius 1 is 0.949 bits per heavy atom. The molecule has 0 radical (unpaired) electrons. The molecule has 1 heterocycles. The lowest BCUT2D eigenvalue weighted by Gasteiger charge is -2.34. The van der Waals surface area contributed by atoms with Crippen LogP contribution < -0.4 is 15.8 Å². The number of anilines is 1. The maximum atomic E-state index is 13.5. The molecule has 0 aromatic heterocycles. The monoisotopic (exact) mass is 531 g/mol. The van der Waals surface area contributed by atoms with Crippen LogP contribution in [0.15, 0.2) is 54.6 Å². The standard InChI is InChI=1S/C32H41N3O4/c36-29-20-34-35(28-8-2-1-3-9-28)21-27(29)18-22-10-14-25(15-11-22)30(24-6-4-5-7-24)31(37)33-19-23-12-16-26(17-13-23)32(38)39/h1-3,8-11,14-15,23-24,26-27,30,34H,4-7,12-13,16-21H2,(H,33,37)(H,38,39). The van der Waals surface area contributed by atoms with Crippen LogP contribution in [0.25, 0.3) is 0 Å². The topological polar surface area (TPSA) is 98.7 Å². The minimum atomic E-state index is -0.694. The first-order chi connectivity index (χ1) is 19.0. The van der Waals surface area contributed by atoms with Gasteiger partial charge in [-0.2, -0.15) is 0 Å². The second-order valence-corrected chi connectivity index (χ2v) is 11.7. The number of benzene rings is 2. The number of para-hydroxylation sites is 1. The van der Waals surface area contributed by atoms with Crippen LogP contribution in [0.5, 0.6) is 0 Å². The average Bonchev–Trinajstić information content (AvgIpc) is 3.49. The summed E-state index contributed by atoms with van der Waals surface area (Å²) in [7, 11) is 0. The third-order valence-corrected chi connectivity index (χ3v) is 9.11. The number of nitrogens with one attached hydrogen (secondary N) is 2. The number of carbonyl (C=O) groups is 3. The first-order valence-corrected chi connectivity index (χ1v) is 14.7. The zero-order valence-corrected chi connectivity index (χ0v) is 22.7. The van der Waals surface area contributed by atoms with Gasteiger partial charge < -0.3 is 15.4 Å². The zero-order valence-electron chi connectivity index (χ0n) is 22.7. The smallest absolute Gasteiger partial charge is 0.306 e. The van der Waals surface area contributed by atoms with Crippen molar-refractivity contribution in [2.24, 2.45) is 23.7 Å². The summed E-state index contributed by atoms with van der Waals surface area (Å²) in [6.07, 6.45) is 8.28. The van der Waals surface area contributed by atoms with Gasteiger partial charge in [0.1, 0.15) is 0 Å². The highest BCUT2D eigenvalue weighted by Crippen LogP contribution is 2.38. The van der Waals surface area contributed by atoms with E-state index in [0.717, 1.165) is 42.5 Å². The Bertz CT molecular complexity index is 1120. The molecule has 39 heavy (non-hydrogen) atoms. The summed E-state index contributed by atoms with van der Waals surface area (Å²) in [5, 5.41) is 14.6. The van der Waals surface area contributed by atoms with Gasteiger partial charge in [0.25, 0.3) is 0 Å². The van der Waals surface area contributed by atoms with Gasteiger partial charge in [-0.1, -0.05) is 55.3 Å². The van der Waals surface area contributed by atoms with E-state index in [4.69, 9.17) is 0 Å². The van der Waals surface area contributed by atoms with E-state index >= 15 is 0 Å². The number of ketones is 1. The van der Waals surface area contributed by atoms with Crippen LogP contribution in [0.4, 0.5) is 5.69 Å². The number of Topliss-reactive ketones (excluding diaryl/α,β-unsaturated/α-hetero) is 1. The molecule has 1 amide bonds. The van der Waals surface area contributed by atoms with E-state index in [9.17, 15) is 19.5 Å². The summed E-state index contributed by atoms with van der Waals surface area (Å²) in [6.45, 7) is 1.59. The maximum absolute atomic E-state index is 13.5. The summed E-state index contributed by atoms with van der Waals surface area (Å²) >= 11 is 0. The molecule has 2 aliphatic carbocycles. The van der Waals surface area contributed by atoms with Crippen LogP contribution in [0.3, 0.4) is 0 Å². The van der Waals surface area contributed by atoms with Crippen molar-refractivity contribution in [1.29, 1.82) is 0 Å². The fourth-order valence-corrected chi connectivity index (χ4v) is 6.73. The molecule has 7 nitrogen and oxygen atoms in total. The molecule has 3 fully saturated rings. The van der Waals surface area contributed by atoms with Gasteiger partial charge in [0.15, 0.2) is 5.78 Å². The fourth-order valence-electron chi connectivity index (χ4n) is 6.73. The van der Waals surface area contributed by atoms with Gasteiger partial charge in [-0.25, -0.2) is 5.43 Å². The normalized spacial score (nSPS) is 24.9. The third-order valence-electron chi connectivity index (χ3n) is 9.11. The van der Waals surface area contributed by atoms with Crippen molar-refractivity contribution >= 4 is 23.3 Å². The van der Waals surface area contributed by atoms with Gasteiger partial charge in [-0.15, -0.1) is 0 Å². The lowest BCUT2D eigenvalue weighted by Crippen LogP contribution is -2.52. The number of hydrogen-bond acceptors (Lipinski definition) is 5. The van der Waals surface area contributed by atoms with Crippen molar-refractivity contribution in [1.82, 2.24) is 10.7 Å². The predicted octanol–water partition coefficient (Wildman–Crippen LogP) is 4.72.